The van der Waals surface area contributed by atoms with Gasteiger partial charge in [0.25, 0.3) is 0 Å². The summed E-state index contributed by atoms with van der Waals surface area (Å²) in [4.78, 5) is 23.6. The van der Waals surface area contributed by atoms with Gasteiger partial charge in [0.1, 0.15) is 11.5 Å². The monoisotopic (exact) mass is 470 g/mol. The molecule has 7 nitrogen and oxygen atoms in total. The van der Waals surface area contributed by atoms with Gasteiger partial charge < -0.3 is 10.5 Å². The normalized spacial score (nSPS) is 15.7. The number of rotatable bonds is 6. The molecule has 2 aromatic carbocycles. The number of nitrogens with two attached hydrogens (primary N) is 1. The zero-order chi connectivity index (χ0) is 21.9. The van der Waals surface area contributed by atoms with Crippen LogP contribution in [-0.2, 0) is 26.2 Å². The molecule has 2 aromatic rings. The third-order valence-corrected chi connectivity index (χ3v) is 7.51. The van der Waals surface area contributed by atoms with Crippen LogP contribution in [0.15, 0.2) is 47.4 Å². The van der Waals surface area contributed by atoms with Gasteiger partial charge in [0.15, 0.2) is 0 Å². The van der Waals surface area contributed by atoms with Crippen molar-refractivity contribution in [1.29, 1.82) is 0 Å². The van der Waals surface area contributed by atoms with Crippen LogP contribution >= 0.6 is 23.2 Å². The van der Waals surface area contributed by atoms with Gasteiger partial charge in [-0.2, -0.15) is 4.31 Å². The molecular formula is C20H20Cl2N2O5S. The molecule has 1 saturated heterocycles. The van der Waals surface area contributed by atoms with Gasteiger partial charge in [0.2, 0.25) is 15.9 Å². The van der Waals surface area contributed by atoms with Crippen LogP contribution in [0.2, 0.25) is 10.0 Å². The lowest BCUT2D eigenvalue weighted by atomic mass is 9.98. The number of amides is 1. The quantitative estimate of drug-likeness (QED) is 0.651. The molecule has 0 aromatic heterocycles. The molecule has 160 valence electrons. The standard InChI is InChI=1S/C20H20Cl2N2O5S/c21-16-4-5-17(22)18(11-16)30(27,28)24-8-6-14(7-9-24)20(26)29-12-13-2-1-3-15(10-13)19(23)25/h1-5,10-11,14H,6-9,12H2,(H2,23,25). The van der Waals surface area contributed by atoms with E-state index in [1.54, 1.807) is 24.3 Å². The summed E-state index contributed by atoms with van der Waals surface area (Å²) in [6, 6.07) is 10.8. The van der Waals surface area contributed by atoms with Gasteiger partial charge in [-0.15, -0.1) is 0 Å². The first-order chi connectivity index (χ1) is 14.2. The van der Waals surface area contributed by atoms with E-state index in [0.717, 1.165) is 0 Å². The maximum absolute atomic E-state index is 12.9. The first kappa shape index (κ1) is 22.6. The lowest BCUT2D eigenvalue weighted by Gasteiger charge is -2.30. The molecule has 0 spiro atoms. The number of nitrogens with zero attached hydrogens (tertiary/aromatic N) is 1. The number of hydrogen-bond acceptors (Lipinski definition) is 5. The Morgan fingerprint density at radius 2 is 1.80 bits per heavy atom. The van der Waals surface area contributed by atoms with E-state index in [4.69, 9.17) is 33.7 Å². The first-order valence-corrected chi connectivity index (χ1v) is 11.4. The molecule has 1 heterocycles. The summed E-state index contributed by atoms with van der Waals surface area (Å²) in [5.41, 5.74) is 6.23. The topological polar surface area (TPSA) is 107 Å². The predicted molar refractivity (Wildman–Crippen MR) is 113 cm³/mol. The molecule has 10 heteroatoms. The smallest absolute Gasteiger partial charge is 0.309 e. The average Bonchev–Trinajstić information content (AvgIpc) is 2.74. The Hall–Kier alpha value is -2.13. The van der Waals surface area contributed by atoms with Crippen molar-refractivity contribution in [3.63, 3.8) is 0 Å². The number of carbonyl (C=O) groups excluding carboxylic acids is 2. The fourth-order valence-electron chi connectivity index (χ4n) is 3.23. The molecule has 0 unspecified atom stereocenters. The summed E-state index contributed by atoms with van der Waals surface area (Å²) in [6.45, 7) is 0.348. The fourth-order valence-corrected chi connectivity index (χ4v) is 5.44. The highest BCUT2D eigenvalue weighted by atomic mass is 35.5. The van der Waals surface area contributed by atoms with Crippen LogP contribution in [0.1, 0.15) is 28.8 Å². The number of primary amides is 1. The zero-order valence-corrected chi connectivity index (χ0v) is 18.2. The highest BCUT2D eigenvalue weighted by Crippen LogP contribution is 2.30. The molecule has 0 saturated carbocycles. The molecule has 1 aliphatic heterocycles. The van der Waals surface area contributed by atoms with E-state index in [-0.39, 0.29) is 34.6 Å². The molecule has 1 fully saturated rings. The van der Waals surface area contributed by atoms with Crippen LogP contribution < -0.4 is 5.73 Å². The maximum Gasteiger partial charge on any atom is 0.309 e. The van der Waals surface area contributed by atoms with Crippen molar-refractivity contribution in [2.45, 2.75) is 24.3 Å². The third-order valence-electron chi connectivity index (χ3n) is 4.89. The fraction of sp³-hybridized carbons (Fsp3) is 0.300. The summed E-state index contributed by atoms with van der Waals surface area (Å²) in [7, 11) is -3.81. The Morgan fingerprint density at radius 1 is 1.10 bits per heavy atom. The number of benzene rings is 2. The zero-order valence-electron chi connectivity index (χ0n) is 15.9. The van der Waals surface area contributed by atoms with E-state index >= 15 is 0 Å². The van der Waals surface area contributed by atoms with Gasteiger partial charge >= 0.3 is 5.97 Å². The van der Waals surface area contributed by atoms with Gasteiger partial charge in [-0.1, -0.05) is 35.3 Å². The third kappa shape index (κ3) is 5.13. The Morgan fingerprint density at radius 3 is 2.47 bits per heavy atom. The molecule has 0 radical (unpaired) electrons. The van der Waals surface area contributed by atoms with Crippen molar-refractivity contribution >= 4 is 45.1 Å². The van der Waals surface area contributed by atoms with Gasteiger partial charge in [-0.3, -0.25) is 9.59 Å². The van der Waals surface area contributed by atoms with E-state index in [1.165, 1.54) is 22.5 Å². The van der Waals surface area contributed by atoms with E-state index in [9.17, 15) is 18.0 Å². The van der Waals surface area contributed by atoms with Crippen LogP contribution in [0.4, 0.5) is 0 Å². The molecular weight excluding hydrogens is 451 g/mol. The van der Waals surface area contributed by atoms with E-state index in [0.29, 0.717) is 24.0 Å². The highest BCUT2D eigenvalue weighted by Gasteiger charge is 2.34. The van der Waals surface area contributed by atoms with Crippen molar-refractivity contribution < 1.29 is 22.7 Å². The lowest BCUT2D eigenvalue weighted by Crippen LogP contribution is -2.40. The molecule has 0 atom stereocenters. The second kappa shape index (κ2) is 9.34. The van der Waals surface area contributed by atoms with Crippen molar-refractivity contribution in [1.82, 2.24) is 4.31 Å². The number of carbonyl (C=O) groups is 2. The number of sulfonamides is 1. The van der Waals surface area contributed by atoms with Crippen LogP contribution in [0, 0.1) is 5.92 Å². The summed E-state index contributed by atoms with van der Waals surface area (Å²) >= 11 is 12.0. The molecule has 3 rings (SSSR count). The van der Waals surface area contributed by atoms with Gasteiger partial charge in [0.05, 0.1) is 10.9 Å². The molecule has 1 aliphatic rings. The summed E-state index contributed by atoms with van der Waals surface area (Å²) in [6.07, 6.45) is 0.662. The maximum atomic E-state index is 12.9. The Bertz CT molecular complexity index is 1070. The number of esters is 1. The number of piperidine rings is 1. The van der Waals surface area contributed by atoms with Crippen LogP contribution in [0.5, 0.6) is 0 Å². The second-order valence-corrected chi connectivity index (χ2v) is 9.68. The van der Waals surface area contributed by atoms with E-state index in [1.807, 2.05) is 0 Å². The van der Waals surface area contributed by atoms with E-state index in [2.05, 4.69) is 0 Å². The van der Waals surface area contributed by atoms with Crippen LogP contribution in [0.25, 0.3) is 0 Å². The van der Waals surface area contributed by atoms with Gasteiger partial charge in [-0.25, -0.2) is 8.42 Å². The minimum absolute atomic E-state index is 0.0105. The molecule has 30 heavy (non-hydrogen) atoms. The number of hydrogen-bond donors (Lipinski definition) is 1. The molecule has 0 bridgehead atoms. The minimum atomic E-state index is -3.81. The summed E-state index contributed by atoms with van der Waals surface area (Å²) < 4.78 is 32.4. The predicted octanol–water partition coefficient (Wildman–Crippen LogP) is 3.24. The van der Waals surface area contributed by atoms with E-state index < -0.39 is 27.8 Å². The average molecular weight is 471 g/mol. The van der Waals surface area contributed by atoms with Crippen molar-refractivity contribution in [2.24, 2.45) is 11.7 Å². The van der Waals surface area contributed by atoms with Gasteiger partial charge in [0, 0.05) is 23.7 Å². The van der Waals surface area contributed by atoms with Crippen LogP contribution in [-0.4, -0.2) is 37.7 Å². The molecule has 0 aliphatic carbocycles. The molecule has 1 amide bonds. The second-order valence-electron chi connectivity index (χ2n) is 6.93. The van der Waals surface area contributed by atoms with Crippen LogP contribution in [0.3, 0.4) is 0 Å². The Kier molecular flexibility index (Phi) is 7.02. The van der Waals surface area contributed by atoms with Gasteiger partial charge in [-0.05, 0) is 48.7 Å². The number of halogens is 2. The van der Waals surface area contributed by atoms with Crippen molar-refractivity contribution in [3.8, 4) is 0 Å². The van der Waals surface area contributed by atoms with Crippen molar-refractivity contribution in [2.75, 3.05) is 13.1 Å². The van der Waals surface area contributed by atoms with Crippen molar-refractivity contribution in [3.05, 3.63) is 63.6 Å². The SMILES string of the molecule is NC(=O)c1cccc(COC(=O)C2CCN(S(=O)(=O)c3cc(Cl)ccc3Cl)CC2)c1. The minimum Gasteiger partial charge on any atom is -0.461 e. The highest BCUT2D eigenvalue weighted by molar-refractivity contribution is 7.89. The molecule has 2 N–H and O–H groups in total. The lowest BCUT2D eigenvalue weighted by molar-refractivity contribution is -0.151. The number of ether oxygens (including phenoxy) is 1. The largest absolute Gasteiger partial charge is 0.461 e. The summed E-state index contributed by atoms with van der Waals surface area (Å²) in [5, 5.41) is 0.371. The Labute approximate surface area is 184 Å². The Balaban J connectivity index is 1.58. The first-order valence-electron chi connectivity index (χ1n) is 9.19. The summed E-state index contributed by atoms with van der Waals surface area (Å²) in [5.74, 6) is -1.38.